The van der Waals surface area contributed by atoms with Crippen molar-refractivity contribution in [1.82, 2.24) is 5.32 Å². The van der Waals surface area contributed by atoms with Crippen LogP contribution < -0.4 is 10.2 Å². The first-order chi connectivity index (χ1) is 11.8. The fourth-order valence-corrected chi connectivity index (χ4v) is 3.08. The van der Waals surface area contributed by atoms with Gasteiger partial charge in [-0.15, -0.1) is 0 Å². The number of hydrogen-bond acceptors (Lipinski definition) is 4. The molecule has 0 atom stereocenters. The molecule has 0 spiro atoms. The zero-order valence-electron chi connectivity index (χ0n) is 14.5. The van der Waals surface area contributed by atoms with E-state index in [4.69, 9.17) is 16.6 Å². The summed E-state index contributed by atoms with van der Waals surface area (Å²) in [6.07, 6.45) is 1.55. The fraction of sp³-hybridized carbons (Fsp3) is 0.211. The van der Waals surface area contributed by atoms with Gasteiger partial charge in [0.25, 0.3) is 11.8 Å². The number of nitrogens with zero attached hydrogens (tertiary/aromatic N) is 1. The molecule has 2 heterocycles. The van der Waals surface area contributed by atoms with Crippen molar-refractivity contribution >= 4 is 40.9 Å². The summed E-state index contributed by atoms with van der Waals surface area (Å²) in [6.45, 7) is 7.49. The van der Waals surface area contributed by atoms with Crippen molar-refractivity contribution in [2.24, 2.45) is 0 Å². The Hall–Kier alpha value is -2.73. The molecule has 5 nitrogen and oxygen atoms in total. The predicted molar refractivity (Wildman–Crippen MR) is 100 cm³/mol. The molecule has 0 bridgehead atoms. The third-order valence-corrected chi connectivity index (χ3v) is 4.58. The van der Waals surface area contributed by atoms with Crippen LogP contribution >= 0.6 is 12.2 Å². The van der Waals surface area contributed by atoms with Crippen LogP contribution in [0.5, 0.6) is 0 Å². The molecule has 128 valence electrons. The van der Waals surface area contributed by atoms with E-state index in [2.05, 4.69) is 5.32 Å². The van der Waals surface area contributed by atoms with E-state index in [0.717, 1.165) is 16.9 Å². The molecule has 1 aliphatic heterocycles. The monoisotopic (exact) mass is 354 g/mol. The Kier molecular flexibility index (Phi) is 4.30. The summed E-state index contributed by atoms with van der Waals surface area (Å²) in [6, 6.07) is 7.42. The highest BCUT2D eigenvalue weighted by Gasteiger charge is 2.35. The molecule has 0 aliphatic carbocycles. The predicted octanol–water partition coefficient (Wildman–Crippen LogP) is 3.34. The third kappa shape index (κ3) is 3.00. The Morgan fingerprint density at radius 3 is 2.52 bits per heavy atom. The average Bonchev–Trinajstić information content (AvgIpc) is 2.85. The number of rotatable bonds is 2. The number of nitrogens with one attached hydrogen (secondary N) is 1. The average molecular weight is 354 g/mol. The van der Waals surface area contributed by atoms with E-state index >= 15 is 0 Å². The van der Waals surface area contributed by atoms with Crippen molar-refractivity contribution in [3.63, 3.8) is 0 Å². The highest BCUT2D eigenvalue weighted by molar-refractivity contribution is 7.80. The molecule has 1 aliphatic rings. The smallest absolute Gasteiger partial charge is 0.270 e. The lowest BCUT2D eigenvalue weighted by atomic mass is 10.0. The van der Waals surface area contributed by atoms with E-state index < -0.39 is 11.8 Å². The van der Waals surface area contributed by atoms with Crippen LogP contribution in [-0.2, 0) is 9.59 Å². The van der Waals surface area contributed by atoms with Crippen LogP contribution in [0.1, 0.15) is 28.2 Å². The van der Waals surface area contributed by atoms with Gasteiger partial charge in [0, 0.05) is 5.56 Å². The van der Waals surface area contributed by atoms with E-state index in [9.17, 15) is 9.59 Å². The standard InChI is InChI=1S/C19H18N2O3S/c1-10-6-5-7-16(12(10)3)21-18(23)15(17(22)20-19(21)25)9-14-8-11(2)24-13(14)4/h5-9H,1-4H3,(H,20,22,25)/b15-9+. The number of amides is 2. The van der Waals surface area contributed by atoms with Crippen molar-refractivity contribution in [1.29, 1.82) is 0 Å². The number of hydrogen-bond donors (Lipinski definition) is 1. The number of carbonyl (C=O) groups excluding carboxylic acids is 2. The summed E-state index contributed by atoms with van der Waals surface area (Å²) < 4.78 is 5.47. The first-order valence-corrected chi connectivity index (χ1v) is 8.25. The van der Waals surface area contributed by atoms with Crippen LogP contribution in [-0.4, -0.2) is 16.9 Å². The van der Waals surface area contributed by atoms with Gasteiger partial charge in [-0.3, -0.25) is 19.8 Å². The van der Waals surface area contributed by atoms with Gasteiger partial charge in [-0.2, -0.15) is 0 Å². The molecule has 0 saturated carbocycles. The van der Waals surface area contributed by atoms with Crippen LogP contribution in [0.3, 0.4) is 0 Å². The Morgan fingerprint density at radius 1 is 1.16 bits per heavy atom. The van der Waals surface area contributed by atoms with E-state index in [1.165, 1.54) is 4.90 Å². The van der Waals surface area contributed by atoms with E-state index in [1.54, 1.807) is 19.1 Å². The molecule has 2 amide bonds. The van der Waals surface area contributed by atoms with Gasteiger partial charge in [-0.1, -0.05) is 12.1 Å². The number of anilines is 1. The minimum Gasteiger partial charge on any atom is -0.466 e. The second-order valence-electron chi connectivity index (χ2n) is 6.05. The number of thiocarbonyl (C=S) groups is 1. The first-order valence-electron chi connectivity index (χ1n) is 7.84. The van der Waals surface area contributed by atoms with E-state index in [1.807, 2.05) is 39.0 Å². The lowest BCUT2D eigenvalue weighted by Gasteiger charge is -2.30. The summed E-state index contributed by atoms with van der Waals surface area (Å²) >= 11 is 5.24. The number of furan rings is 1. The number of carbonyl (C=O) groups is 2. The minimum atomic E-state index is -0.505. The Labute approximate surface area is 151 Å². The van der Waals surface area contributed by atoms with Crippen LogP contribution in [0.2, 0.25) is 0 Å². The lowest BCUT2D eigenvalue weighted by Crippen LogP contribution is -2.54. The molecule has 1 aromatic carbocycles. The van der Waals surface area contributed by atoms with E-state index in [0.29, 0.717) is 17.0 Å². The molecule has 1 N–H and O–H groups in total. The molecular formula is C19H18N2O3S. The zero-order valence-corrected chi connectivity index (χ0v) is 15.3. The molecular weight excluding hydrogens is 336 g/mol. The number of aryl methyl sites for hydroxylation is 3. The van der Waals surface area contributed by atoms with Gasteiger partial charge in [0.2, 0.25) is 0 Å². The molecule has 1 fully saturated rings. The summed E-state index contributed by atoms with van der Waals surface area (Å²) in [5, 5.41) is 2.68. The molecule has 0 unspecified atom stereocenters. The maximum absolute atomic E-state index is 13.0. The van der Waals surface area contributed by atoms with Gasteiger partial charge < -0.3 is 4.42 Å². The van der Waals surface area contributed by atoms with Crippen molar-refractivity contribution in [2.75, 3.05) is 4.90 Å². The third-order valence-electron chi connectivity index (χ3n) is 4.30. The van der Waals surface area contributed by atoms with Crippen molar-refractivity contribution in [2.45, 2.75) is 27.7 Å². The summed E-state index contributed by atoms with van der Waals surface area (Å²) in [5.74, 6) is 0.419. The SMILES string of the molecule is Cc1cc(/C=C2\C(=O)NC(=S)N(c3cccc(C)c3C)C2=O)c(C)o1. The second kappa shape index (κ2) is 6.29. The van der Waals surface area contributed by atoms with Crippen LogP contribution in [0.25, 0.3) is 6.08 Å². The lowest BCUT2D eigenvalue weighted by molar-refractivity contribution is -0.122. The second-order valence-corrected chi connectivity index (χ2v) is 6.43. The Balaban J connectivity index is 2.09. The van der Waals surface area contributed by atoms with Crippen molar-refractivity contribution in [3.05, 3.63) is 58.0 Å². The van der Waals surface area contributed by atoms with Crippen LogP contribution in [0.15, 0.2) is 34.3 Å². The van der Waals surface area contributed by atoms with Crippen LogP contribution in [0.4, 0.5) is 5.69 Å². The molecule has 1 aromatic heterocycles. The maximum Gasteiger partial charge on any atom is 0.270 e. The first kappa shape index (κ1) is 17.1. The number of benzene rings is 1. The Bertz CT molecular complexity index is 940. The molecule has 2 aromatic rings. The topological polar surface area (TPSA) is 62.6 Å². The molecule has 0 radical (unpaired) electrons. The minimum absolute atomic E-state index is 0.0263. The van der Waals surface area contributed by atoms with Crippen molar-refractivity contribution in [3.8, 4) is 0 Å². The highest BCUT2D eigenvalue weighted by atomic mass is 32.1. The molecule has 3 rings (SSSR count). The van der Waals surface area contributed by atoms with Gasteiger partial charge in [-0.25, -0.2) is 0 Å². The molecule has 6 heteroatoms. The zero-order chi connectivity index (χ0) is 18.3. The normalized spacial score (nSPS) is 16.6. The largest absolute Gasteiger partial charge is 0.466 e. The van der Waals surface area contributed by atoms with Gasteiger partial charge in [-0.05, 0) is 69.2 Å². The van der Waals surface area contributed by atoms with E-state index in [-0.39, 0.29) is 10.7 Å². The molecule has 25 heavy (non-hydrogen) atoms. The highest BCUT2D eigenvalue weighted by Crippen LogP contribution is 2.27. The molecule has 1 saturated heterocycles. The summed E-state index contributed by atoms with van der Waals surface area (Å²) in [5.41, 5.74) is 3.37. The van der Waals surface area contributed by atoms with Gasteiger partial charge in [0.05, 0.1) is 5.69 Å². The summed E-state index contributed by atoms with van der Waals surface area (Å²) in [7, 11) is 0. The quantitative estimate of drug-likeness (QED) is 0.510. The summed E-state index contributed by atoms with van der Waals surface area (Å²) in [4.78, 5) is 26.7. The van der Waals surface area contributed by atoms with Gasteiger partial charge in [0.15, 0.2) is 5.11 Å². The fourth-order valence-electron chi connectivity index (χ4n) is 2.80. The van der Waals surface area contributed by atoms with Crippen LogP contribution in [0, 0.1) is 27.7 Å². The van der Waals surface area contributed by atoms with Crippen molar-refractivity contribution < 1.29 is 14.0 Å². The Morgan fingerprint density at radius 2 is 1.88 bits per heavy atom. The van der Waals surface area contributed by atoms with Gasteiger partial charge >= 0.3 is 0 Å². The maximum atomic E-state index is 13.0. The van der Waals surface area contributed by atoms with Gasteiger partial charge in [0.1, 0.15) is 17.1 Å².